The molecular formula is C20H28N4O3. The van der Waals surface area contributed by atoms with E-state index in [9.17, 15) is 4.79 Å². The number of carbonyl (C=O) groups is 1. The van der Waals surface area contributed by atoms with Gasteiger partial charge in [-0.1, -0.05) is 17.3 Å². The Bertz CT molecular complexity index is 759. The highest BCUT2D eigenvalue weighted by Crippen LogP contribution is 2.27. The van der Waals surface area contributed by atoms with Crippen molar-refractivity contribution in [1.29, 1.82) is 0 Å². The molecule has 1 atom stereocenters. The Morgan fingerprint density at radius 3 is 2.96 bits per heavy atom. The number of likely N-dealkylation sites (tertiary alicyclic amines) is 1. The van der Waals surface area contributed by atoms with Gasteiger partial charge in [-0.3, -0.25) is 4.79 Å². The van der Waals surface area contributed by atoms with Crippen molar-refractivity contribution in [1.82, 2.24) is 19.9 Å². The fourth-order valence-electron chi connectivity index (χ4n) is 3.62. The molecule has 1 unspecified atom stereocenters. The molecule has 7 nitrogen and oxygen atoms in total. The van der Waals surface area contributed by atoms with Gasteiger partial charge in [0.05, 0.1) is 12.7 Å². The quantitative estimate of drug-likeness (QED) is 0.744. The summed E-state index contributed by atoms with van der Waals surface area (Å²) in [5, 5.41) is 4.03. The number of amides is 1. The zero-order chi connectivity index (χ0) is 19.2. The van der Waals surface area contributed by atoms with Crippen molar-refractivity contribution in [3.8, 4) is 17.1 Å². The summed E-state index contributed by atoms with van der Waals surface area (Å²) >= 11 is 0. The minimum Gasteiger partial charge on any atom is -0.496 e. The summed E-state index contributed by atoms with van der Waals surface area (Å²) in [7, 11) is 5.77. The van der Waals surface area contributed by atoms with Crippen LogP contribution in [0.1, 0.15) is 25.2 Å². The molecule has 1 fully saturated rings. The average molecular weight is 372 g/mol. The molecule has 1 aliphatic heterocycles. The van der Waals surface area contributed by atoms with Crippen LogP contribution in [-0.4, -0.2) is 66.7 Å². The van der Waals surface area contributed by atoms with Gasteiger partial charge in [-0.2, -0.15) is 4.98 Å². The molecule has 0 spiro atoms. The summed E-state index contributed by atoms with van der Waals surface area (Å²) in [4.78, 5) is 21.2. The van der Waals surface area contributed by atoms with Crippen LogP contribution in [0.2, 0.25) is 0 Å². The number of carbonyl (C=O) groups excluding carboxylic acids is 1. The van der Waals surface area contributed by atoms with Gasteiger partial charge >= 0.3 is 0 Å². The Morgan fingerprint density at radius 1 is 1.37 bits per heavy atom. The predicted molar refractivity (Wildman–Crippen MR) is 102 cm³/mol. The molecule has 0 bridgehead atoms. The van der Waals surface area contributed by atoms with Gasteiger partial charge < -0.3 is 19.1 Å². The standard InChI is InChI=1S/C20H28N4O3/c1-23(2)13-15-7-6-12-24(14-15)19(25)11-10-18-21-20(22-27-18)16-8-4-5-9-17(16)26-3/h4-5,8-9,15H,6-7,10-14H2,1-3H3. The molecule has 0 radical (unpaired) electrons. The van der Waals surface area contributed by atoms with Crippen LogP contribution in [-0.2, 0) is 11.2 Å². The van der Waals surface area contributed by atoms with Crippen LogP contribution in [0.15, 0.2) is 28.8 Å². The maximum absolute atomic E-state index is 12.6. The first-order valence-electron chi connectivity index (χ1n) is 9.45. The Labute approximate surface area is 160 Å². The van der Waals surface area contributed by atoms with Crippen LogP contribution < -0.4 is 4.74 Å². The zero-order valence-electron chi connectivity index (χ0n) is 16.4. The molecule has 0 aliphatic carbocycles. The fraction of sp³-hybridized carbons (Fsp3) is 0.550. The van der Waals surface area contributed by atoms with Gasteiger partial charge in [0.1, 0.15) is 5.75 Å². The predicted octanol–water partition coefficient (Wildman–Crippen LogP) is 2.48. The van der Waals surface area contributed by atoms with Crippen molar-refractivity contribution in [3.63, 3.8) is 0 Å². The Balaban J connectivity index is 1.56. The van der Waals surface area contributed by atoms with E-state index in [0.717, 1.165) is 31.6 Å². The molecule has 146 valence electrons. The molecule has 2 aromatic rings. The Morgan fingerprint density at radius 2 is 2.19 bits per heavy atom. The van der Waals surface area contributed by atoms with Crippen molar-refractivity contribution in [2.75, 3.05) is 40.8 Å². The van der Waals surface area contributed by atoms with E-state index < -0.39 is 0 Å². The van der Waals surface area contributed by atoms with Crippen molar-refractivity contribution in [2.24, 2.45) is 5.92 Å². The number of benzene rings is 1. The molecule has 0 N–H and O–H groups in total. The molecule has 7 heteroatoms. The summed E-state index contributed by atoms with van der Waals surface area (Å²) in [5.74, 6) is 2.37. The Hall–Kier alpha value is -2.41. The van der Waals surface area contributed by atoms with Gasteiger partial charge in [-0.15, -0.1) is 0 Å². The fourth-order valence-corrected chi connectivity index (χ4v) is 3.62. The van der Waals surface area contributed by atoms with Crippen molar-refractivity contribution < 1.29 is 14.1 Å². The second-order valence-corrected chi connectivity index (χ2v) is 7.32. The summed E-state index contributed by atoms with van der Waals surface area (Å²) in [6.45, 7) is 2.71. The van der Waals surface area contributed by atoms with E-state index >= 15 is 0 Å². The smallest absolute Gasteiger partial charge is 0.227 e. The second-order valence-electron chi connectivity index (χ2n) is 7.32. The maximum Gasteiger partial charge on any atom is 0.227 e. The third-order valence-electron chi connectivity index (χ3n) is 4.86. The summed E-state index contributed by atoms with van der Waals surface area (Å²) in [5.41, 5.74) is 0.781. The number of hydrogen-bond acceptors (Lipinski definition) is 6. The van der Waals surface area contributed by atoms with Gasteiger partial charge in [-0.25, -0.2) is 0 Å². The minimum atomic E-state index is 0.162. The monoisotopic (exact) mass is 372 g/mol. The average Bonchev–Trinajstić information content (AvgIpc) is 3.14. The third-order valence-corrected chi connectivity index (χ3v) is 4.86. The lowest BCUT2D eigenvalue weighted by atomic mass is 9.97. The highest BCUT2D eigenvalue weighted by molar-refractivity contribution is 5.76. The number of aryl methyl sites for hydroxylation is 1. The number of ether oxygens (including phenoxy) is 1. The van der Waals surface area contributed by atoms with Gasteiger partial charge in [0, 0.05) is 32.5 Å². The normalized spacial score (nSPS) is 17.3. The topological polar surface area (TPSA) is 71.7 Å². The Kier molecular flexibility index (Phi) is 6.45. The molecule has 0 saturated carbocycles. The van der Waals surface area contributed by atoms with Crippen molar-refractivity contribution in [2.45, 2.75) is 25.7 Å². The number of para-hydroxylation sites is 1. The first kappa shape index (κ1) is 19.4. The molecule has 1 aromatic heterocycles. The van der Waals surface area contributed by atoms with Crippen LogP contribution >= 0.6 is 0 Å². The molecule has 3 rings (SSSR count). The molecular weight excluding hydrogens is 344 g/mol. The van der Waals surface area contributed by atoms with Crippen molar-refractivity contribution in [3.05, 3.63) is 30.2 Å². The molecule has 1 saturated heterocycles. The van der Waals surface area contributed by atoms with Gasteiger partial charge in [0.15, 0.2) is 0 Å². The largest absolute Gasteiger partial charge is 0.496 e. The molecule has 27 heavy (non-hydrogen) atoms. The number of aromatic nitrogens is 2. The number of rotatable bonds is 7. The van der Waals surface area contributed by atoms with Crippen LogP contribution in [0, 0.1) is 5.92 Å². The summed E-state index contributed by atoms with van der Waals surface area (Å²) in [6, 6.07) is 7.54. The van der Waals surface area contributed by atoms with Crippen LogP contribution in [0.5, 0.6) is 5.75 Å². The van der Waals surface area contributed by atoms with E-state index in [4.69, 9.17) is 9.26 Å². The molecule has 1 aromatic carbocycles. The molecule has 1 aliphatic rings. The lowest BCUT2D eigenvalue weighted by Gasteiger charge is -2.34. The SMILES string of the molecule is COc1ccccc1-c1noc(CCC(=O)N2CCCC(CN(C)C)C2)n1. The van der Waals surface area contributed by atoms with Crippen LogP contribution in [0.25, 0.3) is 11.4 Å². The second kappa shape index (κ2) is 8.99. The van der Waals surface area contributed by atoms with E-state index in [1.165, 1.54) is 6.42 Å². The van der Waals surface area contributed by atoms with Gasteiger partial charge in [0.25, 0.3) is 0 Å². The summed E-state index contributed by atoms with van der Waals surface area (Å²) < 4.78 is 10.7. The maximum atomic E-state index is 12.6. The highest BCUT2D eigenvalue weighted by atomic mass is 16.5. The van der Waals surface area contributed by atoms with E-state index in [-0.39, 0.29) is 5.91 Å². The van der Waals surface area contributed by atoms with E-state index in [1.54, 1.807) is 7.11 Å². The van der Waals surface area contributed by atoms with Gasteiger partial charge in [-0.05, 0) is 45.0 Å². The number of piperidine rings is 1. The first-order chi connectivity index (χ1) is 13.1. The molecule has 1 amide bonds. The third kappa shape index (κ3) is 5.07. The number of hydrogen-bond donors (Lipinski definition) is 0. The van der Waals surface area contributed by atoms with Crippen LogP contribution in [0.3, 0.4) is 0 Å². The zero-order valence-corrected chi connectivity index (χ0v) is 16.4. The minimum absolute atomic E-state index is 0.162. The summed E-state index contributed by atoms with van der Waals surface area (Å²) in [6.07, 6.45) is 3.11. The van der Waals surface area contributed by atoms with Crippen LogP contribution in [0.4, 0.5) is 0 Å². The van der Waals surface area contributed by atoms with Crippen molar-refractivity contribution >= 4 is 5.91 Å². The lowest BCUT2D eigenvalue weighted by Crippen LogP contribution is -2.42. The lowest BCUT2D eigenvalue weighted by molar-refractivity contribution is -0.133. The van der Waals surface area contributed by atoms with E-state index in [0.29, 0.717) is 36.2 Å². The van der Waals surface area contributed by atoms with Gasteiger partial charge in [0.2, 0.25) is 17.6 Å². The number of methoxy groups -OCH3 is 1. The highest BCUT2D eigenvalue weighted by Gasteiger charge is 2.24. The van der Waals surface area contributed by atoms with E-state index in [1.807, 2.05) is 29.2 Å². The number of nitrogens with zero attached hydrogens (tertiary/aromatic N) is 4. The first-order valence-corrected chi connectivity index (χ1v) is 9.45. The van der Waals surface area contributed by atoms with E-state index in [2.05, 4.69) is 29.1 Å². The molecule has 2 heterocycles.